The summed E-state index contributed by atoms with van der Waals surface area (Å²) in [4.78, 5) is 13.4. The van der Waals surface area contributed by atoms with Crippen LogP contribution in [0, 0.1) is 0 Å². The average molecular weight is 155 g/mol. The van der Waals surface area contributed by atoms with Gasteiger partial charge in [0.2, 0.25) is 0 Å². The molecule has 1 fully saturated rings. The molecular formula is C9H17NO. The highest BCUT2D eigenvalue weighted by Gasteiger charge is 2.23. The maximum atomic E-state index is 11.1. The summed E-state index contributed by atoms with van der Waals surface area (Å²) in [5, 5.41) is 0. The highest BCUT2D eigenvalue weighted by Crippen LogP contribution is 2.16. The fourth-order valence-electron chi connectivity index (χ4n) is 1.83. The van der Waals surface area contributed by atoms with E-state index in [4.69, 9.17) is 0 Å². The van der Waals surface area contributed by atoms with Gasteiger partial charge < -0.3 is 0 Å². The molecule has 0 saturated carbocycles. The van der Waals surface area contributed by atoms with E-state index in [1.165, 1.54) is 12.8 Å². The van der Waals surface area contributed by atoms with Crippen molar-refractivity contribution in [1.29, 1.82) is 0 Å². The number of hydrogen-bond acceptors (Lipinski definition) is 2. The lowest BCUT2D eigenvalue weighted by atomic mass is 9.99. The Morgan fingerprint density at radius 1 is 1.55 bits per heavy atom. The zero-order valence-corrected chi connectivity index (χ0v) is 7.47. The molecule has 11 heavy (non-hydrogen) atoms. The largest absolute Gasteiger partial charge is 0.298 e. The monoisotopic (exact) mass is 155 g/mol. The van der Waals surface area contributed by atoms with Crippen molar-refractivity contribution < 1.29 is 4.79 Å². The van der Waals surface area contributed by atoms with Crippen LogP contribution in [0.4, 0.5) is 0 Å². The lowest BCUT2D eigenvalue weighted by Crippen LogP contribution is -2.43. The highest BCUT2D eigenvalue weighted by molar-refractivity contribution is 5.81. The van der Waals surface area contributed by atoms with Crippen molar-refractivity contribution in [2.24, 2.45) is 0 Å². The Morgan fingerprint density at radius 2 is 2.27 bits per heavy atom. The van der Waals surface area contributed by atoms with Crippen molar-refractivity contribution in [2.75, 3.05) is 13.1 Å². The van der Waals surface area contributed by atoms with Crippen LogP contribution in [0.3, 0.4) is 0 Å². The first-order chi connectivity index (χ1) is 5.25. The maximum absolute atomic E-state index is 11.1. The van der Waals surface area contributed by atoms with Gasteiger partial charge in [0.05, 0.1) is 6.04 Å². The van der Waals surface area contributed by atoms with Crippen LogP contribution in [0.25, 0.3) is 0 Å². The topological polar surface area (TPSA) is 20.3 Å². The Bertz CT molecular complexity index is 144. The molecule has 0 radical (unpaired) electrons. The molecule has 0 aromatic rings. The first kappa shape index (κ1) is 8.72. The van der Waals surface area contributed by atoms with E-state index in [9.17, 15) is 4.79 Å². The smallest absolute Gasteiger partial charge is 0.146 e. The Labute approximate surface area is 68.6 Å². The van der Waals surface area contributed by atoms with E-state index >= 15 is 0 Å². The second-order valence-electron chi connectivity index (χ2n) is 3.25. The maximum Gasteiger partial charge on any atom is 0.146 e. The van der Waals surface area contributed by atoms with Gasteiger partial charge in [-0.05, 0) is 32.9 Å². The third-order valence-corrected chi connectivity index (χ3v) is 2.49. The number of hydrogen-bond donors (Lipinski definition) is 0. The molecule has 0 amide bonds. The Balaban J connectivity index is 2.51. The fraction of sp³-hybridized carbons (Fsp3) is 0.889. The molecule has 0 spiro atoms. The zero-order chi connectivity index (χ0) is 8.27. The number of Topliss-reactive ketones (excluding diaryl/α,β-unsaturated/α-hetero) is 1. The van der Waals surface area contributed by atoms with Crippen LogP contribution in [0.5, 0.6) is 0 Å². The molecule has 1 rings (SSSR count). The molecule has 1 atom stereocenters. The van der Waals surface area contributed by atoms with Gasteiger partial charge in [0.1, 0.15) is 5.78 Å². The number of carbonyl (C=O) groups is 1. The van der Waals surface area contributed by atoms with Crippen LogP contribution < -0.4 is 0 Å². The first-order valence-corrected chi connectivity index (χ1v) is 4.50. The Hall–Kier alpha value is -0.370. The van der Waals surface area contributed by atoms with Gasteiger partial charge in [-0.25, -0.2) is 0 Å². The summed E-state index contributed by atoms with van der Waals surface area (Å²) in [6.07, 6.45) is 3.56. The van der Waals surface area contributed by atoms with Crippen LogP contribution in [0.1, 0.15) is 33.1 Å². The van der Waals surface area contributed by atoms with Crippen LogP contribution in [-0.4, -0.2) is 29.8 Å². The third kappa shape index (κ3) is 2.03. The van der Waals surface area contributed by atoms with Crippen molar-refractivity contribution in [1.82, 2.24) is 4.90 Å². The summed E-state index contributed by atoms with van der Waals surface area (Å²) in [6.45, 7) is 5.96. The SMILES string of the molecule is CCN1CCCCC1C(C)=O. The van der Waals surface area contributed by atoms with Gasteiger partial charge in [-0.2, -0.15) is 0 Å². The Morgan fingerprint density at radius 3 is 2.73 bits per heavy atom. The number of ketones is 1. The van der Waals surface area contributed by atoms with E-state index < -0.39 is 0 Å². The number of likely N-dealkylation sites (tertiary alicyclic amines) is 1. The van der Waals surface area contributed by atoms with E-state index in [2.05, 4.69) is 11.8 Å². The van der Waals surface area contributed by atoms with E-state index in [1.54, 1.807) is 6.92 Å². The van der Waals surface area contributed by atoms with E-state index in [0.717, 1.165) is 19.5 Å². The van der Waals surface area contributed by atoms with E-state index in [0.29, 0.717) is 5.78 Å². The molecule has 1 saturated heterocycles. The summed E-state index contributed by atoms with van der Waals surface area (Å²) >= 11 is 0. The zero-order valence-electron chi connectivity index (χ0n) is 7.47. The molecule has 64 valence electrons. The normalized spacial score (nSPS) is 26.9. The lowest BCUT2D eigenvalue weighted by Gasteiger charge is -2.32. The molecule has 2 nitrogen and oxygen atoms in total. The quantitative estimate of drug-likeness (QED) is 0.601. The lowest BCUT2D eigenvalue weighted by molar-refractivity contribution is -0.123. The van der Waals surface area contributed by atoms with Gasteiger partial charge in [-0.15, -0.1) is 0 Å². The number of nitrogens with zero attached hydrogens (tertiary/aromatic N) is 1. The molecule has 1 aliphatic heterocycles. The van der Waals surface area contributed by atoms with E-state index in [1.807, 2.05) is 0 Å². The number of piperidine rings is 1. The van der Waals surface area contributed by atoms with Crippen LogP contribution in [0.2, 0.25) is 0 Å². The van der Waals surface area contributed by atoms with Gasteiger partial charge in [0, 0.05) is 0 Å². The van der Waals surface area contributed by atoms with Gasteiger partial charge in [-0.3, -0.25) is 9.69 Å². The van der Waals surface area contributed by atoms with Crippen molar-refractivity contribution in [3.63, 3.8) is 0 Å². The summed E-state index contributed by atoms with van der Waals surface area (Å²) in [5.74, 6) is 0.339. The minimum absolute atomic E-state index is 0.230. The molecule has 0 aliphatic carbocycles. The van der Waals surface area contributed by atoms with Crippen LogP contribution in [-0.2, 0) is 4.79 Å². The molecule has 0 aromatic heterocycles. The van der Waals surface area contributed by atoms with Crippen molar-refractivity contribution in [2.45, 2.75) is 39.2 Å². The summed E-state index contributed by atoms with van der Waals surface area (Å²) in [6, 6.07) is 0.230. The van der Waals surface area contributed by atoms with E-state index in [-0.39, 0.29) is 6.04 Å². The molecule has 2 heteroatoms. The molecule has 0 N–H and O–H groups in total. The summed E-state index contributed by atoms with van der Waals surface area (Å²) in [5.41, 5.74) is 0. The second-order valence-corrected chi connectivity index (χ2v) is 3.25. The van der Waals surface area contributed by atoms with Gasteiger partial charge >= 0.3 is 0 Å². The minimum Gasteiger partial charge on any atom is -0.298 e. The van der Waals surface area contributed by atoms with Crippen LogP contribution in [0.15, 0.2) is 0 Å². The summed E-state index contributed by atoms with van der Waals surface area (Å²) in [7, 11) is 0. The number of likely N-dealkylation sites (N-methyl/N-ethyl adjacent to an activating group) is 1. The van der Waals surface area contributed by atoms with Gasteiger partial charge in [-0.1, -0.05) is 13.3 Å². The average Bonchev–Trinajstić information content (AvgIpc) is 2.04. The highest BCUT2D eigenvalue weighted by atomic mass is 16.1. The molecular weight excluding hydrogens is 138 g/mol. The number of rotatable bonds is 2. The molecule has 0 bridgehead atoms. The summed E-state index contributed by atoms with van der Waals surface area (Å²) < 4.78 is 0. The van der Waals surface area contributed by atoms with Crippen molar-refractivity contribution in [3.8, 4) is 0 Å². The van der Waals surface area contributed by atoms with Crippen molar-refractivity contribution >= 4 is 5.78 Å². The second kappa shape index (κ2) is 3.86. The fourth-order valence-corrected chi connectivity index (χ4v) is 1.83. The van der Waals surface area contributed by atoms with Gasteiger partial charge in [0.15, 0.2) is 0 Å². The standard InChI is InChI=1S/C9H17NO/c1-3-10-7-5-4-6-9(10)8(2)11/h9H,3-7H2,1-2H3. The van der Waals surface area contributed by atoms with Gasteiger partial charge in [0.25, 0.3) is 0 Å². The molecule has 1 heterocycles. The predicted molar refractivity (Wildman–Crippen MR) is 45.6 cm³/mol. The molecule has 0 aromatic carbocycles. The number of carbonyl (C=O) groups excluding carboxylic acids is 1. The minimum atomic E-state index is 0.230. The molecule has 1 aliphatic rings. The predicted octanol–water partition coefficient (Wildman–Crippen LogP) is 1.45. The van der Waals surface area contributed by atoms with Crippen LogP contribution >= 0.6 is 0 Å². The third-order valence-electron chi connectivity index (χ3n) is 2.49. The molecule has 1 unspecified atom stereocenters. The van der Waals surface area contributed by atoms with Crippen molar-refractivity contribution in [3.05, 3.63) is 0 Å². The Kier molecular flexibility index (Phi) is 3.06. The first-order valence-electron chi connectivity index (χ1n) is 4.50.